The molecule has 158 valence electrons. The van der Waals surface area contributed by atoms with Crippen LogP contribution in [0, 0.1) is 0 Å². The monoisotopic (exact) mass is 409 g/mol. The lowest BCUT2D eigenvalue weighted by Gasteiger charge is -2.23. The molecule has 2 amide bonds. The lowest BCUT2D eigenvalue weighted by molar-refractivity contribution is -0.142. The van der Waals surface area contributed by atoms with E-state index in [9.17, 15) is 19.5 Å². The molecule has 30 heavy (non-hydrogen) atoms. The minimum absolute atomic E-state index is 0.165. The number of aliphatic carboxylic acids is 1. The number of carbonyl (C=O) groups is 3. The van der Waals surface area contributed by atoms with E-state index < -0.39 is 24.0 Å². The minimum atomic E-state index is -1.12. The molecule has 1 heterocycles. The molecular formula is C23H27N3O4. The lowest BCUT2D eigenvalue weighted by atomic mass is 10.0. The van der Waals surface area contributed by atoms with Crippen molar-refractivity contribution >= 4 is 17.8 Å². The van der Waals surface area contributed by atoms with Gasteiger partial charge in [-0.1, -0.05) is 60.7 Å². The molecule has 0 aromatic heterocycles. The third-order valence-electron chi connectivity index (χ3n) is 5.19. The van der Waals surface area contributed by atoms with Crippen LogP contribution in [0.2, 0.25) is 0 Å². The molecular weight excluding hydrogens is 382 g/mol. The van der Waals surface area contributed by atoms with Gasteiger partial charge in [-0.05, 0) is 30.5 Å². The van der Waals surface area contributed by atoms with Gasteiger partial charge in [0, 0.05) is 12.8 Å². The van der Waals surface area contributed by atoms with Crippen molar-refractivity contribution in [3.8, 4) is 0 Å². The van der Waals surface area contributed by atoms with Gasteiger partial charge in [-0.3, -0.25) is 9.59 Å². The summed E-state index contributed by atoms with van der Waals surface area (Å²) < 4.78 is 0. The van der Waals surface area contributed by atoms with E-state index in [-0.39, 0.29) is 24.8 Å². The number of amides is 2. The largest absolute Gasteiger partial charge is 0.480 e. The van der Waals surface area contributed by atoms with E-state index in [0.29, 0.717) is 0 Å². The lowest BCUT2D eigenvalue weighted by Crippen LogP contribution is -2.55. The average Bonchev–Trinajstić information content (AvgIpc) is 3.29. The Labute approximate surface area is 175 Å². The van der Waals surface area contributed by atoms with E-state index in [2.05, 4.69) is 16.0 Å². The van der Waals surface area contributed by atoms with Gasteiger partial charge < -0.3 is 21.1 Å². The minimum Gasteiger partial charge on any atom is -0.480 e. The van der Waals surface area contributed by atoms with Gasteiger partial charge in [0.05, 0.1) is 6.04 Å². The second-order valence-corrected chi connectivity index (χ2v) is 7.49. The first-order valence-electron chi connectivity index (χ1n) is 10.2. The highest BCUT2D eigenvalue weighted by molar-refractivity contribution is 5.92. The zero-order chi connectivity index (χ0) is 21.3. The van der Waals surface area contributed by atoms with Gasteiger partial charge in [-0.15, -0.1) is 0 Å². The topological polar surface area (TPSA) is 108 Å². The second kappa shape index (κ2) is 10.5. The molecule has 2 aromatic carbocycles. The van der Waals surface area contributed by atoms with Crippen LogP contribution in [0.3, 0.4) is 0 Å². The molecule has 0 bridgehead atoms. The van der Waals surface area contributed by atoms with Gasteiger partial charge in [-0.2, -0.15) is 0 Å². The highest BCUT2D eigenvalue weighted by atomic mass is 16.4. The van der Waals surface area contributed by atoms with E-state index in [1.165, 1.54) is 0 Å². The van der Waals surface area contributed by atoms with Gasteiger partial charge >= 0.3 is 5.97 Å². The van der Waals surface area contributed by atoms with Crippen LogP contribution in [-0.4, -0.2) is 47.6 Å². The van der Waals surface area contributed by atoms with Gasteiger partial charge in [-0.25, -0.2) is 4.79 Å². The van der Waals surface area contributed by atoms with Crippen LogP contribution in [0.1, 0.15) is 24.0 Å². The Morgan fingerprint density at radius 1 is 0.900 bits per heavy atom. The maximum atomic E-state index is 13.0. The molecule has 4 N–H and O–H groups in total. The molecule has 0 saturated carbocycles. The van der Waals surface area contributed by atoms with Crippen molar-refractivity contribution in [3.05, 3.63) is 71.8 Å². The van der Waals surface area contributed by atoms with Gasteiger partial charge in [0.2, 0.25) is 11.8 Å². The molecule has 1 fully saturated rings. The molecule has 2 aromatic rings. The normalized spacial score (nSPS) is 17.7. The standard InChI is InChI=1S/C23H27N3O4/c27-21(18-12-7-13-24-18)25-19(14-16-8-3-1-4-9-16)22(28)26-20(23(29)30)15-17-10-5-2-6-11-17/h1-6,8-11,18-20,24H,7,12-15H2,(H,25,27)(H,26,28)(H,29,30). The highest BCUT2D eigenvalue weighted by Gasteiger charge is 2.30. The first-order chi connectivity index (χ1) is 14.5. The first-order valence-corrected chi connectivity index (χ1v) is 10.2. The van der Waals surface area contributed by atoms with Crippen LogP contribution in [0.4, 0.5) is 0 Å². The number of rotatable bonds is 9. The Hall–Kier alpha value is -3.19. The predicted octanol–water partition coefficient (Wildman–Crippen LogP) is 1.28. The quantitative estimate of drug-likeness (QED) is 0.499. The average molecular weight is 409 g/mol. The summed E-state index contributed by atoms with van der Waals surface area (Å²) in [6.45, 7) is 0.770. The predicted molar refractivity (Wildman–Crippen MR) is 113 cm³/mol. The number of benzene rings is 2. The second-order valence-electron chi connectivity index (χ2n) is 7.49. The zero-order valence-electron chi connectivity index (χ0n) is 16.7. The van der Waals surface area contributed by atoms with Crippen molar-refractivity contribution in [2.45, 2.75) is 43.8 Å². The molecule has 1 aliphatic heterocycles. The van der Waals surface area contributed by atoms with E-state index >= 15 is 0 Å². The van der Waals surface area contributed by atoms with Crippen LogP contribution in [0.25, 0.3) is 0 Å². The summed E-state index contributed by atoms with van der Waals surface area (Å²) in [5, 5.41) is 18.1. The molecule has 3 unspecified atom stereocenters. The fraction of sp³-hybridized carbons (Fsp3) is 0.348. The zero-order valence-corrected chi connectivity index (χ0v) is 16.7. The fourth-order valence-electron chi connectivity index (χ4n) is 3.56. The molecule has 1 aliphatic rings. The van der Waals surface area contributed by atoms with Crippen LogP contribution >= 0.6 is 0 Å². The van der Waals surface area contributed by atoms with Gasteiger partial charge in [0.25, 0.3) is 0 Å². The first kappa shape index (κ1) is 21.5. The van der Waals surface area contributed by atoms with Crippen molar-refractivity contribution in [1.82, 2.24) is 16.0 Å². The number of carboxylic acid groups (broad SMARTS) is 1. The summed E-state index contributed by atoms with van der Waals surface area (Å²) in [6, 6.07) is 16.2. The summed E-state index contributed by atoms with van der Waals surface area (Å²) in [5.74, 6) is -1.86. The molecule has 3 atom stereocenters. The number of hydrogen-bond acceptors (Lipinski definition) is 4. The number of hydrogen-bond donors (Lipinski definition) is 4. The SMILES string of the molecule is O=C(O)C(Cc1ccccc1)NC(=O)C(Cc1ccccc1)NC(=O)C1CCCN1. The molecule has 0 aliphatic carbocycles. The smallest absolute Gasteiger partial charge is 0.326 e. The molecule has 7 heteroatoms. The molecule has 7 nitrogen and oxygen atoms in total. The van der Waals surface area contributed by atoms with Crippen molar-refractivity contribution in [1.29, 1.82) is 0 Å². The third kappa shape index (κ3) is 6.15. The van der Waals surface area contributed by atoms with Gasteiger partial charge in [0.1, 0.15) is 12.1 Å². The molecule has 1 saturated heterocycles. The Morgan fingerprint density at radius 3 is 1.97 bits per heavy atom. The van der Waals surface area contributed by atoms with Gasteiger partial charge in [0.15, 0.2) is 0 Å². The van der Waals surface area contributed by atoms with Crippen molar-refractivity contribution in [2.24, 2.45) is 0 Å². The highest BCUT2D eigenvalue weighted by Crippen LogP contribution is 2.09. The summed E-state index contributed by atoms with van der Waals surface area (Å²) in [4.78, 5) is 37.3. The number of carbonyl (C=O) groups excluding carboxylic acids is 2. The van der Waals surface area contributed by atoms with Crippen molar-refractivity contribution < 1.29 is 19.5 Å². The molecule has 3 rings (SSSR count). The summed E-state index contributed by atoms with van der Waals surface area (Å²) in [6.07, 6.45) is 2.07. The summed E-state index contributed by atoms with van der Waals surface area (Å²) >= 11 is 0. The fourth-order valence-corrected chi connectivity index (χ4v) is 3.56. The maximum absolute atomic E-state index is 13.0. The summed E-state index contributed by atoms with van der Waals surface area (Å²) in [5.41, 5.74) is 1.69. The summed E-state index contributed by atoms with van der Waals surface area (Å²) in [7, 11) is 0. The van der Waals surface area contributed by atoms with Crippen LogP contribution in [-0.2, 0) is 27.2 Å². The van der Waals surface area contributed by atoms with Crippen molar-refractivity contribution in [3.63, 3.8) is 0 Å². The maximum Gasteiger partial charge on any atom is 0.326 e. The van der Waals surface area contributed by atoms with Crippen molar-refractivity contribution in [2.75, 3.05) is 6.54 Å². The number of carboxylic acids is 1. The third-order valence-corrected chi connectivity index (χ3v) is 5.19. The number of nitrogens with one attached hydrogen (secondary N) is 3. The Morgan fingerprint density at radius 2 is 1.47 bits per heavy atom. The van der Waals surface area contributed by atoms with E-state index in [1.807, 2.05) is 60.7 Å². The van der Waals surface area contributed by atoms with E-state index in [4.69, 9.17) is 0 Å². The molecule has 0 spiro atoms. The van der Waals surface area contributed by atoms with Crippen LogP contribution < -0.4 is 16.0 Å². The van der Waals surface area contributed by atoms with E-state index in [1.54, 1.807) is 0 Å². The van der Waals surface area contributed by atoms with Crippen LogP contribution in [0.15, 0.2) is 60.7 Å². The molecule has 0 radical (unpaired) electrons. The van der Waals surface area contributed by atoms with E-state index in [0.717, 1.165) is 30.5 Å². The Kier molecular flexibility index (Phi) is 7.57. The Balaban J connectivity index is 1.71. The van der Waals surface area contributed by atoms with Crippen LogP contribution in [0.5, 0.6) is 0 Å². The Bertz CT molecular complexity index is 851.